The molecule has 1 atom stereocenters. The third kappa shape index (κ3) is 5.97. The van der Waals surface area contributed by atoms with Crippen LogP contribution in [0.1, 0.15) is 58.4 Å². The average molecular weight is 414 g/mol. The maximum absolute atomic E-state index is 14.2. The minimum Gasteiger partial charge on any atom is -0.373 e. The highest BCUT2D eigenvalue weighted by Crippen LogP contribution is 2.35. The van der Waals surface area contributed by atoms with Crippen LogP contribution in [0, 0.1) is 29.1 Å². The molecule has 0 N–H and O–H groups in total. The first kappa shape index (κ1) is 24.0. The summed E-state index contributed by atoms with van der Waals surface area (Å²) in [5, 5.41) is 0. The molecule has 1 rings (SSSR count). The first-order valence-corrected chi connectivity index (χ1v) is 11.1. The van der Waals surface area contributed by atoms with E-state index in [1.165, 1.54) is 6.92 Å². The lowest BCUT2D eigenvalue weighted by molar-refractivity contribution is 0.0577. The van der Waals surface area contributed by atoms with E-state index in [0.717, 1.165) is 0 Å². The lowest BCUT2D eigenvalue weighted by atomic mass is 10.0. The van der Waals surface area contributed by atoms with E-state index in [0.29, 0.717) is 39.1 Å². The predicted molar refractivity (Wildman–Crippen MR) is 93.9 cm³/mol. The summed E-state index contributed by atoms with van der Waals surface area (Å²) >= 11 is 0. The zero-order valence-electron chi connectivity index (χ0n) is 16.1. The van der Waals surface area contributed by atoms with Crippen molar-refractivity contribution in [2.24, 2.45) is 0 Å². The van der Waals surface area contributed by atoms with Gasteiger partial charge in [-0.15, -0.1) is 0 Å². The summed E-state index contributed by atoms with van der Waals surface area (Å²) in [6, 6.07) is -0.0919. The summed E-state index contributed by atoms with van der Waals surface area (Å²) in [5.74, 6) is -10.8. The van der Waals surface area contributed by atoms with E-state index in [-0.39, 0.29) is 6.04 Å². The smallest absolute Gasteiger partial charge is 0.373 e. The molecule has 27 heavy (non-hydrogen) atoms. The van der Waals surface area contributed by atoms with Gasteiger partial charge in [0.2, 0.25) is 5.82 Å². The molecule has 3 nitrogen and oxygen atoms in total. The van der Waals surface area contributed by atoms with Gasteiger partial charge in [0.05, 0.1) is 0 Å². The Morgan fingerprint density at radius 3 is 1.33 bits per heavy atom. The van der Waals surface area contributed by atoms with Crippen LogP contribution in [0.25, 0.3) is 0 Å². The van der Waals surface area contributed by atoms with Gasteiger partial charge < -0.3 is 13.3 Å². The van der Waals surface area contributed by atoms with E-state index in [2.05, 4.69) is 0 Å². The van der Waals surface area contributed by atoms with Crippen molar-refractivity contribution in [3.05, 3.63) is 34.6 Å². The molecule has 0 aliphatic carbocycles. The van der Waals surface area contributed by atoms with Crippen LogP contribution in [-0.4, -0.2) is 28.6 Å². The average Bonchev–Trinajstić information content (AvgIpc) is 2.66. The Morgan fingerprint density at radius 1 is 0.667 bits per heavy atom. The number of hydrogen-bond donors (Lipinski definition) is 0. The van der Waals surface area contributed by atoms with Gasteiger partial charge in [-0.05, 0) is 25.2 Å². The van der Waals surface area contributed by atoms with E-state index >= 15 is 0 Å². The van der Waals surface area contributed by atoms with Gasteiger partial charge in [-0.25, -0.2) is 22.0 Å². The highest BCUT2D eigenvalue weighted by molar-refractivity contribution is 6.60. The van der Waals surface area contributed by atoms with Crippen molar-refractivity contribution in [2.75, 3.05) is 19.8 Å². The maximum atomic E-state index is 14.2. The summed E-state index contributed by atoms with van der Waals surface area (Å²) in [6.07, 6.45) is 1.99. The first-order chi connectivity index (χ1) is 12.7. The molecule has 0 radical (unpaired) electrons. The summed E-state index contributed by atoms with van der Waals surface area (Å²) in [7, 11) is -3.37. The molecule has 0 bridgehead atoms. The van der Waals surface area contributed by atoms with Crippen LogP contribution in [0.2, 0.25) is 6.04 Å². The van der Waals surface area contributed by atoms with Crippen LogP contribution in [0.5, 0.6) is 0 Å². The van der Waals surface area contributed by atoms with Crippen molar-refractivity contribution in [3.8, 4) is 0 Å². The molecular formula is C18H27F5O3Si. The topological polar surface area (TPSA) is 27.7 Å². The van der Waals surface area contributed by atoms with Crippen LogP contribution in [-0.2, 0) is 13.3 Å². The van der Waals surface area contributed by atoms with Crippen molar-refractivity contribution >= 4 is 8.80 Å². The minimum absolute atomic E-state index is 0.0919. The summed E-state index contributed by atoms with van der Waals surface area (Å²) in [4.78, 5) is 0. The van der Waals surface area contributed by atoms with Gasteiger partial charge in [-0.3, -0.25) is 0 Å². The Balaban J connectivity index is 3.26. The van der Waals surface area contributed by atoms with Gasteiger partial charge in [0.15, 0.2) is 23.3 Å². The Hall–Kier alpha value is -1.03. The molecule has 1 aromatic carbocycles. The fourth-order valence-corrected chi connectivity index (χ4v) is 5.71. The molecule has 0 saturated heterocycles. The van der Waals surface area contributed by atoms with Crippen molar-refractivity contribution in [3.63, 3.8) is 0 Å². The molecule has 1 aromatic rings. The monoisotopic (exact) mass is 414 g/mol. The quantitative estimate of drug-likeness (QED) is 0.190. The van der Waals surface area contributed by atoms with E-state index in [1.807, 2.05) is 20.8 Å². The molecule has 0 aliphatic heterocycles. The molecule has 0 amide bonds. The fraction of sp³-hybridized carbons (Fsp3) is 0.667. The Labute approximate surface area is 158 Å². The van der Waals surface area contributed by atoms with Gasteiger partial charge in [0.1, 0.15) is 0 Å². The third-order valence-electron chi connectivity index (χ3n) is 3.87. The summed E-state index contributed by atoms with van der Waals surface area (Å²) in [6.45, 7) is 7.95. The molecule has 0 spiro atoms. The van der Waals surface area contributed by atoms with Crippen LogP contribution >= 0.6 is 0 Å². The normalized spacial score (nSPS) is 13.2. The van der Waals surface area contributed by atoms with Gasteiger partial charge in [0, 0.05) is 31.4 Å². The second-order valence-corrected chi connectivity index (χ2v) is 8.96. The second kappa shape index (κ2) is 11.1. The summed E-state index contributed by atoms with van der Waals surface area (Å²) < 4.78 is 86.2. The van der Waals surface area contributed by atoms with Crippen molar-refractivity contribution in [1.29, 1.82) is 0 Å². The van der Waals surface area contributed by atoms with E-state index in [4.69, 9.17) is 13.3 Å². The largest absolute Gasteiger partial charge is 0.501 e. The molecule has 1 unspecified atom stereocenters. The van der Waals surface area contributed by atoms with Gasteiger partial charge in [0.25, 0.3) is 0 Å². The summed E-state index contributed by atoms with van der Waals surface area (Å²) in [5.41, 5.74) is -0.872. The predicted octanol–water partition coefficient (Wildman–Crippen LogP) is 5.70. The standard InChI is InChI=1S/C18H27F5O3Si/c1-5-8-24-27(25-9-6-2,26-10-7-3)11-12(4)13-14(19)16(21)18(23)17(22)15(13)20/h12H,5-11H2,1-4H3. The minimum atomic E-state index is -3.37. The van der Waals surface area contributed by atoms with Crippen LogP contribution in [0.3, 0.4) is 0 Å². The molecule has 0 saturated carbocycles. The van der Waals surface area contributed by atoms with Crippen LogP contribution < -0.4 is 0 Å². The van der Waals surface area contributed by atoms with Crippen LogP contribution in [0.15, 0.2) is 0 Å². The van der Waals surface area contributed by atoms with Gasteiger partial charge in [-0.2, -0.15) is 0 Å². The molecular weight excluding hydrogens is 387 g/mol. The van der Waals surface area contributed by atoms with E-state index in [1.54, 1.807) is 0 Å². The van der Waals surface area contributed by atoms with E-state index < -0.39 is 49.4 Å². The molecule has 0 aliphatic rings. The molecule has 0 heterocycles. The molecule has 9 heteroatoms. The Kier molecular flexibility index (Phi) is 9.86. The zero-order valence-corrected chi connectivity index (χ0v) is 17.1. The molecule has 156 valence electrons. The third-order valence-corrected chi connectivity index (χ3v) is 6.92. The zero-order chi connectivity index (χ0) is 20.6. The lowest BCUT2D eigenvalue weighted by Crippen LogP contribution is -2.47. The van der Waals surface area contributed by atoms with Crippen molar-refractivity contribution in [2.45, 2.75) is 58.9 Å². The maximum Gasteiger partial charge on any atom is 0.501 e. The molecule has 0 fully saturated rings. The second-order valence-electron chi connectivity index (χ2n) is 6.32. The van der Waals surface area contributed by atoms with Crippen molar-refractivity contribution < 1.29 is 35.2 Å². The lowest BCUT2D eigenvalue weighted by Gasteiger charge is -2.32. The SMILES string of the molecule is CCCO[Si](CC(C)c1c(F)c(F)c(F)c(F)c1F)(OCCC)OCCC. The fourth-order valence-electron chi connectivity index (χ4n) is 2.61. The van der Waals surface area contributed by atoms with Crippen LogP contribution in [0.4, 0.5) is 22.0 Å². The van der Waals surface area contributed by atoms with E-state index in [9.17, 15) is 22.0 Å². The van der Waals surface area contributed by atoms with Gasteiger partial charge >= 0.3 is 8.80 Å². The first-order valence-electron chi connectivity index (χ1n) is 9.17. The van der Waals surface area contributed by atoms with Gasteiger partial charge in [-0.1, -0.05) is 27.7 Å². The number of halogens is 5. The Morgan fingerprint density at radius 2 is 1.00 bits per heavy atom. The molecule has 0 aromatic heterocycles. The number of benzene rings is 1. The highest BCUT2D eigenvalue weighted by Gasteiger charge is 2.44. The number of rotatable bonds is 12. The Bertz CT molecular complexity index is 564. The van der Waals surface area contributed by atoms with Crippen molar-refractivity contribution in [1.82, 2.24) is 0 Å². The number of hydrogen-bond acceptors (Lipinski definition) is 3. The highest BCUT2D eigenvalue weighted by atomic mass is 28.4.